The molecule has 0 bridgehead atoms. The topological polar surface area (TPSA) is 20.2 Å². The van der Waals surface area contributed by atoms with Gasteiger partial charge < -0.3 is 5.11 Å². The van der Waals surface area contributed by atoms with Gasteiger partial charge in [-0.25, -0.2) is 0 Å². The molecule has 1 nitrogen and oxygen atoms in total. The monoisotopic (exact) mass is 210 g/mol. The molecule has 0 rings (SSSR count). The van der Waals surface area contributed by atoms with E-state index in [4.69, 9.17) is 35.5 Å². The number of halogens is 3. The predicted octanol–water partition coefficient (Wildman–Crippen LogP) is 2.06. The molecule has 0 unspecified atom stereocenters. The van der Waals surface area contributed by atoms with Crippen LogP contribution in [0, 0.1) is 0 Å². The third-order valence-electron chi connectivity index (χ3n) is 0. The van der Waals surface area contributed by atoms with E-state index < -0.39 is 10.9 Å². The molecule has 50 valence electrons. The summed E-state index contributed by atoms with van der Waals surface area (Å²) in [6.45, 7) is 1.93. The summed E-state index contributed by atoms with van der Waals surface area (Å²) in [4.78, 5) is 0. The fraction of sp³-hybridized carbons (Fsp3) is 1.00. The van der Waals surface area contributed by atoms with E-state index in [-0.39, 0.29) is 6.61 Å². The molecule has 7 heavy (non-hydrogen) atoms. The molecule has 1 N–H and O–H groups in total. The van der Waals surface area contributed by atoms with Gasteiger partial charge >= 0.3 is 41.4 Å². The van der Waals surface area contributed by atoms with Gasteiger partial charge in [-0.2, -0.15) is 0 Å². The Kier molecular flexibility index (Phi) is 16.5. The molecule has 0 atom stereocenters. The quantitative estimate of drug-likeness (QED) is 0.650. The fourth-order valence-electron chi connectivity index (χ4n) is 0. The number of hydrogen-bond donors (Lipinski definition) is 1. The summed E-state index contributed by atoms with van der Waals surface area (Å²) < 4.78 is 0. The maximum atomic E-state index is 7.57. The Bertz CT molecular complexity index is 24.1. The van der Waals surface area contributed by atoms with Gasteiger partial charge in [0.1, 0.15) is 0 Å². The van der Waals surface area contributed by atoms with Crippen molar-refractivity contribution >= 4 is 30.4 Å². The predicted molar refractivity (Wildman–Crippen MR) is 30.3 cm³/mol. The van der Waals surface area contributed by atoms with Crippen molar-refractivity contribution in [1.29, 1.82) is 0 Å². The standard InChI is InChI=1S/C2H6O.3ClH.Co/c1-2-3;;;;/h3H,2H2,1H3;3*1H;/q;;;;+3/p-3. The molecule has 0 aromatic heterocycles. The fourth-order valence-corrected chi connectivity index (χ4v) is 0. The molecular formula is C2H6Cl3CoO. The van der Waals surface area contributed by atoms with E-state index in [0.29, 0.717) is 0 Å². The van der Waals surface area contributed by atoms with Crippen LogP contribution in [-0.4, -0.2) is 11.7 Å². The van der Waals surface area contributed by atoms with Gasteiger partial charge in [0, 0.05) is 6.61 Å². The van der Waals surface area contributed by atoms with Gasteiger partial charge in [0.05, 0.1) is 0 Å². The van der Waals surface area contributed by atoms with E-state index in [1.807, 2.05) is 0 Å². The number of aliphatic hydroxyl groups is 1. The van der Waals surface area contributed by atoms with Crippen molar-refractivity contribution in [2.75, 3.05) is 6.61 Å². The van der Waals surface area contributed by atoms with Crippen LogP contribution in [0.3, 0.4) is 0 Å². The zero-order chi connectivity index (χ0) is 6.28. The van der Waals surface area contributed by atoms with Gasteiger partial charge in [-0.1, -0.05) is 0 Å². The molecule has 0 fully saturated rings. The minimum atomic E-state index is -1.19. The maximum absolute atomic E-state index is 7.57. The molecule has 0 aliphatic carbocycles. The third kappa shape index (κ3) is 117. The zero-order valence-electron chi connectivity index (χ0n) is 3.62. The molecule has 0 aliphatic heterocycles. The summed E-state index contributed by atoms with van der Waals surface area (Å²) in [5.74, 6) is 0. The molecule has 5 heteroatoms. The van der Waals surface area contributed by atoms with Crippen LogP contribution in [0.25, 0.3) is 0 Å². The van der Waals surface area contributed by atoms with E-state index in [1.54, 1.807) is 6.92 Å². The molecule has 0 saturated heterocycles. The van der Waals surface area contributed by atoms with Crippen LogP contribution in [0.1, 0.15) is 6.92 Å². The van der Waals surface area contributed by atoms with Crippen molar-refractivity contribution in [2.24, 2.45) is 0 Å². The van der Waals surface area contributed by atoms with Crippen molar-refractivity contribution in [3.8, 4) is 0 Å². The zero-order valence-corrected chi connectivity index (χ0v) is 6.93. The molecule has 0 aliphatic rings. The van der Waals surface area contributed by atoms with Crippen molar-refractivity contribution in [3.05, 3.63) is 0 Å². The molecular weight excluding hydrogens is 205 g/mol. The normalized spacial score (nSPS) is 9.00. The van der Waals surface area contributed by atoms with Gasteiger partial charge in [0.25, 0.3) is 0 Å². The van der Waals surface area contributed by atoms with Crippen molar-refractivity contribution in [3.63, 3.8) is 0 Å². The molecule has 0 radical (unpaired) electrons. The third-order valence-corrected chi connectivity index (χ3v) is 0. The Labute approximate surface area is 60.1 Å². The van der Waals surface area contributed by atoms with Crippen molar-refractivity contribution < 1.29 is 16.1 Å². The van der Waals surface area contributed by atoms with Crippen molar-refractivity contribution in [1.82, 2.24) is 0 Å². The van der Waals surface area contributed by atoms with Gasteiger partial charge in [-0.3, -0.25) is 0 Å². The second kappa shape index (κ2) is 10.3. The SMILES string of the molecule is CCO.[Cl][Co]([Cl])[Cl]. The second-order valence-electron chi connectivity index (χ2n) is 0.459. The van der Waals surface area contributed by atoms with Crippen LogP contribution in [-0.2, 0) is 10.9 Å². The average molecular weight is 211 g/mol. The van der Waals surface area contributed by atoms with E-state index >= 15 is 0 Å². The first kappa shape index (κ1) is 11.2. The summed E-state index contributed by atoms with van der Waals surface area (Å²) >= 11 is 0. The van der Waals surface area contributed by atoms with Gasteiger partial charge in [-0.05, 0) is 6.92 Å². The van der Waals surface area contributed by atoms with Crippen LogP contribution in [0.2, 0.25) is 0 Å². The first-order valence-electron chi connectivity index (χ1n) is 1.40. The molecule has 0 heterocycles. The van der Waals surface area contributed by atoms with Crippen LogP contribution in [0.5, 0.6) is 0 Å². The van der Waals surface area contributed by atoms with Crippen LogP contribution in [0.4, 0.5) is 0 Å². The summed E-state index contributed by atoms with van der Waals surface area (Å²) in [5, 5.41) is 7.57. The Balaban J connectivity index is 0. The van der Waals surface area contributed by atoms with Gasteiger partial charge in [0.2, 0.25) is 0 Å². The van der Waals surface area contributed by atoms with Crippen molar-refractivity contribution in [2.45, 2.75) is 6.92 Å². The van der Waals surface area contributed by atoms with E-state index in [2.05, 4.69) is 0 Å². The van der Waals surface area contributed by atoms with Crippen LogP contribution < -0.4 is 0 Å². The summed E-state index contributed by atoms with van der Waals surface area (Å²) in [6, 6.07) is 0. The van der Waals surface area contributed by atoms with E-state index in [0.717, 1.165) is 0 Å². The summed E-state index contributed by atoms with van der Waals surface area (Å²) in [7, 11) is 13.4. The molecule has 0 aromatic carbocycles. The molecule has 0 spiro atoms. The minimum absolute atomic E-state index is 0.250. The first-order chi connectivity index (χ1) is 3.15. The Morgan fingerprint density at radius 3 is 1.43 bits per heavy atom. The average Bonchev–Trinajstić information content (AvgIpc) is 1.33. The summed E-state index contributed by atoms with van der Waals surface area (Å²) in [5.41, 5.74) is 0. The van der Waals surface area contributed by atoms with Gasteiger partial charge in [0.15, 0.2) is 0 Å². The van der Waals surface area contributed by atoms with E-state index in [1.165, 1.54) is 0 Å². The molecule has 0 aromatic rings. The molecule has 0 amide bonds. The van der Waals surface area contributed by atoms with Crippen LogP contribution >= 0.6 is 30.4 Å². The second-order valence-corrected chi connectivity index (χ2v) is 5.62. The number of aliphatic hydroxyl groups excluding tert-OH is 1. The Morgan fingerprint density at radius 1 is 1.43 bits per heavy atom. The van der Waals surface area contributed by atoms with Gasteiger partial charge in [-0.15, -0.1) is 0 Å². The first-order valence-corrected chi connectivity index (χ1v) is 5.70. The van der Waals surface area contributed by atoms with E-state index in [9.17, 15) is 0 Å². The Hall–Kier alpha value is 1.34. The number of rotatable bonds is 0. The molecule has 0 saturated carbocycles. The summed E-state index contributed by atoms with van der Waals surface area (Å²) in [6.07, 6.45) is 0. The van der Waals surface area contributed by atoms with Crippen LogP contribution in [0.15, 0.2) is 0 Å². The Morgan fingerprint density at radius 2 is 1.43 bits per heavy atom. The number of hydrogen-bond acceptors (Lipinski definition) is 1.